The summed E-state index contributed by atoms with van der Waals surface area (Å²) in [6, 6.07) is 14.0. The molecule has 122 valence electrons. The molecule has 3 aromatic rings. The standard InChI is InChI=1S/C18H17N3OS2/c1-12(16(22)13-6-3-2-4-7-13)24-18-20-19-17(15-8-5-11-23-15)21(18)14-9-10-14/h2-8,11-12,14H,9-10H2,1H3/t12-/m1/s1. The Morgan fingerprint density at radius 3 is 2.67 bits per heavy atom. The number of benzene rings is 1. The van der Waals surface area contributed by atoms with Crippen LogP contribution in [0, 0.1) is 0 Å². The van der Waals surface area contributed by atoms with Crippen molar-refractivity contribution in [1.82, 2.24) is 14.8 Å². The molecule has 1 aliphatic rings. The Balaban J connectivity index is 1.60. The maximum Gasteiger partial charge on any atom is 0.192 e. The zero-order valence-corrected chi connectivity index (χ0v) is 14.9. The lowest BCUT2D eigenvalue weighted by Crippen LogP contribution is -2.14. The molecule has 0 N–H and O–H groups in total. The molecule has 2 aromatic heterocycles. The fourth-order valence-corrected chi connectivity index (χ4v) is 4.34. The smallest absolute Gasteiger partial charge is 0.192 e. The number of Topliss-reactive ketones (excluding diaryl/α,β-unsaturated/α-hetero) is 1. The van der Waals surface area contributed by atoms with Crippen LogP contribution in [0.25, 0.3) is 10.7 Å². The summed E-state index contributed by atoms with van der Waals surface area (Å²) >= 11 is 3.18. The van der Waals surface area contributed by atoms with Crippen molar-refractivity contribution in [1.29, 1.82) is 0 Å². The lowest BCUT2D eigenvalue weighted by molar-refractivity contribution is 0.0994. The van der Waals surface area contributed by atoms with Gasteiger partial charge in [-0.05, 0) is 31.2 Å². The predicted molar refractivity (Wildman–Crippen MR) is 97.7 cm³/mol. The minimum Gasteiger partial charge on any atom is -0.298 e. The van der Waals surface area contributed by atoms with Crippen LogP contribution >= 0.6 is 23.1 Å². The van der Waals surface area contributed by atoms with Gasteiger partial charge >= 0.3 is 0 Å². The summed E-state index contributed by atoms with van der Waals surface area (Å²) < 4.78 is 2.21. The van der Waals surface area contributed by atoms with Crippen LogP contribution in [0.2, 0.25) is 0 Å². The second-order valence-corrected chi connectivity index (χ2v) is 8.13. The molecule has 6 heteroatoms. The molecule has 1 saturated carbocycles. The fourth-order valence-electron chi connectivity index (χ4n) is 2.64. The van der Waals surface area contributed by atoms with Gasteiger partial charge in [-0.1, -0.05) is 48.2 Å². The first-order valence-corrected chi connectivity index (χ1v) is 9.74. The SMILES string of the molecule is C[C@@H](Sc1nnc(-c2cccs2)n1C1CC1)C(=O)c1ccccc1. The summed E-state index contributed by atoms with van der Waals surface area (Å²) in [6.07, 6.45) is 2.32. The van der Waals surface area contributed by atoms with E-state index in [0.717, 1.165) is 34.3 Å². The largest absolute Gasteiger partial charge is 0.298 e. The van der Waals surface area contributed by atoms with E-state index in [0.29, 0.717) is 6.04 Å². The molecule has 0 spiro atoms. The van der Waals surface area contributed by atoms with Crippen molar-refractivity contribution in [3.63, 3.8) is 0 Å². The van der Waals surface area contributed by atoms with Gasteiger partial charge in [-0.2, -0.15) is 0 Å². The first-order chi connectivity index (χ1) is 11.7. The molecule has 2 heterocycles. The third-order valence-corrected chi connectivity index (χ3v) is 5.95. The van der Waals surface area contributed by atoms with Crippen molar-refractivity contribution in [2.24, 2.45) is 0 Å². The molecule has 0 radical (unpaired) electrons. The monoisotopic (exact) mass is 355 g/mol. The van der Waals surface area contributed by atoms with Crippen LogP contribution in [-0.4, -0.2) is 25.8 Å². The third-order valence-electron chi connectivity index (χ3n) is 4.03. The summed E-state index contributed by atoms with van der Waals surface area (Å²) in [7, 11) is 0. The van der Waals surface area contributed by atoms with Gasteiger partial charge in [-0.3, -0.25) is 9.36 Å². The van der Waals surface area contributed by atoms with Gasteiger partial charge in [0.1, 0.15) is 0 Å². The van der Waals surface area contributed by atoms with Crippen LogP contribution in [0.4, 0.5) is 0 Å². The van der Waals surface area contributed by atoms with E-state index < -0.39 is 0 Å². The van der Waals surface area contributed by atoms with Crippen molar-refractivity contribution in [2.75, 3.05) is 0 Å². The van der Waals surface area contributed by atoms with E-state index in [9.17, 15) is 4.79 Å². The highest BCUT2D eigenvalue weighted by atomic mass is 32.2. The minimum atomic E-state index is -0.190. The number of aromatic nitrogens is 3. The maximum absolute atomic E-state index is 12.6. The number of thiophene rings is 1. The number of ketones is 1. The molecule has 1 aliphatic carbocycles. The number of hydrogen-bond acceptors (Lipinski definition) is 5. The normalized spacial score (nSPS) is 15.4. The summed E-state index contributed by atoms with van der Waals surface area (Å²) in [5.74, 6) is 1.05. The maximum atomic E-state index is 12.6. The summed E-state index contributed by atoms with van der Waals surface area (Å²) in [5.41, 5.74) is 0.744. The molecule has 0 bridgehead atoms. The van der Waals surface area contributed by atoms with E-state index in [1.165, 1.54) is 11.8 Å². The summed E-state index contributed by atoms with van der Waals surface area (Å²) in [6.45, 7) is 1.94. The topological polar surface area (TPSA) is 47.8 Å². The van der Waals surface area contributed by atoms with E-state index >= 15 is 0 Å². The Bertz CT molecular complexity index is 839. The van der Waals surface area contributed by atoms with Gasteiger partial charge in [0.05, 0.1) is 10.1 Å². The van der Waals surface area contributed by atoms with Gasteiger partial charge in [0.15, 0.2) is 16.8 Å². The number of thioether (sulfide) groups is 1. The van der Waals surface area contributed by atoms with Gasteiger partial charge in [-0.15, -0.1) is 21.5 Å². The Morgan fingerprint density at radius 1 is 1.21 bits per heavy atom. The van der Waals surface area contributed by atoms with Crippen molar-refractivity contribution in [3.05, 3.63) is 53.4 Å². The second kappa shape index (κ2) is 6.53. The van der Waals surface area contributed by atoms with Gasteiger partial charge in [-0.25, -0.2) is 0 Å². The number of rotatable bonds is 6. The van der Waals surface area contributed by atoms with Crippen molar-refractivity contribution in [2.45, 2.75) is 36.2 Å². The molecule has 0 aliphatic heterocycles. The van der Waals surface area contributed by atoms with Gasteiger partial charge in [0.25, 0.3) is 0 Å². The average Bonchev–Trinajstić information content (AvgIpc) is 3.14. The predicted octanol–water partition coefficient (Wildman–Crippen LogP) is 4.71. The average molecular weight is 355 g/mol. The van der Waals surface area contributed by atoms with Gasteiger partial charge in [0.2, 0.25) is 0 Å². The molecule has 24 heavy (non-hydrogen) atoms. The van der Waals surface area contributed by atoms with E-state index in [1.807, 2.05) is 43.3 Å². The van der Waals surface area contributed by atoms with Crippen molar-refractivity contribution < 1.29 is 4.79 Å². The Hall–Kier alpha value is -1.92. The quantitative estimate of drug-likeness (QED) is 0.475. The van der Waals surface area contributed by atoms with Crippen LogP contribution in [-0.2, 0) is 0 Å². The fraction of sp³-hybridized carbons (Fsp3) is 0.278. The molecule has 0 amide bonds. The lowest BCUT2D eigenvalue weighted by atomic mass is 10.1. The van der Waals surface area contributed by atoms with Crippen LogP contribution < -0.4 is 0 Å². The van der Waals surface area contributed by atoms with Crippen LogP contribution in [0.1, 0.15) is 36.2 Å². The second-order valence-electron chi connectivity index (χ2n) is 5.88. The zero-order chi connectivity index (χ0) is 16.5. The van der Waals surface area contributed by atoms with E-state index in [-0.39, 0.29) is 11.0 Å². The van der Waals surface area contributed by atoms with Crippen molar-refractivity contribution in [3.8, 4) is 10.7 Å². The number of carbonyl (C=O) groups is 1. The zero-order valence-electron chi connectivity index (χ0n) is 13.3. The van der Waals surface area contributed by atoms with Crippen LogP contribution in [0.3, 0.4) is 0 Å². The molecular weight excluding hydrogens is 338 g/mol. The third kappa shape index (κ3) is 3.03. The van der Waals surface area contributed by atoms with E-state index in [2.05, 4.69) is 26.2 Å². The highest BCUT2D eigenvalue weighted by Crippen LogP contribution is 2.42. The highest BCUT2D eigenvalue weighted by Gasteiger charge is 2.31. The summed E-state index contributed by atoms with van der Waals surface area (Å²) in [4.78, 5) is 13.7. The lowest BCUT2D eigenvalue weighted by Gasteiger charge is -2.12. The van der Waals surface area contributed by atoms with Gasteiger partial charge in [0, 0.05) is 11.6 Å². The van der Waals surface area contributed by atoms with E-state index in [4.69, 9.17) is 0 Å². The van der Waals surface area contributed by atoms with Crippen molar-refractivity contribution >= 4 is 28.9 Å². The highest BCUT2D eigenvalue weighted by molar-refractivity contribution is 8.00. The summed E-state index contributed by atoms with van der Waals surface area (Å²) in [5, 5.41) is 11.5. The number of hydrogen-bond donors (Lipinski definition) is 0. The first-order valence-electron chi connectivity index (χ1n) is 7.98. The van der Waals surface area contributed by atoms with Crippen LogP contribution in [0.15, 0.2) is 53.0 Å². The van der Waals surface area contributed by atoms with Crippen LogP contribution in [0.5, 0.6) is 0 Å². The molecule has 0 saturated heterocycles. The molecule has 1 aromatic carbocycles. The minimum absolute atomic E-state index is 0.128. The van der Waals surface area contributed by atoms with Gasteiger partial charge < -0.3 is 0 Å². The van der Waals surface area contributed by atoms with E-state index in [1.54, 1.807) is 11.3 Å². The Labute approximate surface area is 148 Å². The number of carbonyl (C=O) groups excluding carboxylic acids is 1. The molecule has 4 nitrogen and oxygen atoms in total. The number of nitrogens with zero attached hydrogens (tertiary/aromatic N) is 3. The Morgan fingerprint density at radius 2 is 2.00 bits per heavy atom. The molecule has 1 atom stereocenters. The first kappa shape index (κ1) is 15.6. The molecular formula is C18H17N3OS2. The molecule has 4 rings (SSSR count). The molecule has 0 unspecified atom stereocenters. The molecule has 1 fully saturated rings. The Kier molecular flexibility index (Phi) is 4.24.